The van der Waals surface area contributed by atoms with Gasteiger partial charge in [-0.25, -0.2) is 0 Å². The Morgan fingerprint density at radius 3 is 2.62 bits per heavy atom. The smallest absolute Gasteiger partial charge is 0.124 e. The monoisotopic (exact) mass is 292 g/mol. The van der Waals surface area contributed by atoms with Crippen LogP contribution >= 0.6 is 0 Å². The summed E-state index contributed by atoms with van der Waals surface area (Å²) in [6.45, 7) is 5.62. The van der Waals surface area contributed by atoms with Crippen LogP contribution in [0.4, 0.5) is 0 Å². The van der Waals surface area contributed by atoms with Gasteiger partial charge in [0.05, 0.1) is 7.11 Å². The zero-order valence-corrected chi connectivity index (χ0v) is 13.7. The van der Waals surface area contributed by atoms with Crippen molar-refractivity contribution >= 4 is 0 Å². The number of nitrogens with zero attached hydrogens (tertiary/aromatic N) is 2. The van der Waals surface area contributed by atoms with E-state index in [0.717, 1.165) is 18.0 Å². The molecule has 1 heterocycles. The van der Waals surface area contributed by atoms with E-state index in [0.29, 0.717) is 11.5 Å². The first-order valence-electron chi connectivity index (χ1n) is 7.77. The zero-order chi connectivity index (χ0) is 15.4. The van der Waals surface area contributed by atoms with Crippen molar-refractivity contribution in [3.05, 3.63) is 23.8 Å². The Morgan fingerprint density at radius 1 is 1.38 bits per heavy atom. The summed E-state index contributed by atoms with van der Waals surface area (Å²) in [6.07, 6.45) is 2.53. The quantitative estimate of drug-likeness (QED) is 0.905. The van der Waals surface area contributed by atoms with E-state index in [1.54, 1.807) is 13.2 Å². The Labute approximate surface area is 128 Å². The number of piperidine rings is 1. The van der Waals surface area contributed by atoms with Gasteiger partial charge in [-0.2, -0.15) is 0 Å². The molecule has 1 saturated heterocycles. The molecule has 1 unspecified atom stereocenters. The van der Waals surface area contributed by atoms with E-state index in [-0.39, 0.29) is 6.04 Å². The van der Waals surface area contributed by atoms with Crippen molar-refractivity contribution in [3.8, 4) is 11.5 Å². The third-order valence-electron chi connectivity index (χ3n) is 4.73. The summed E-state index contributed by atoms with van der Waals surface area (Å²) in [6, 6.07) is 5.77. The number of phenols is 1. The predicted molar refractivity (Wildman–Crippen MR) is 85.9 cm³/mol. The average Bonchev–Trinajstić information content (AvgIpc) is 2.48. The molecule has 1 aromatic rings. The Morgan fingerprint density at radius 2 is 2.05 bits per heavy atom. The molecular formula is C17H28N2O2. The van der Waals surface area contributed by atoms with Crippen LogP contribution in [0.15, 0.2) is 18.2 Å². The average molecular weight is 292 g/mol. The molecule has 0 radical (unpaired) electrons. The van der Waals surface area contributed by atoms with Gasteiger partial charge in [-0.3, -0.25) is 4.90 Å². The first kappa shape index (κ1) is 16.1. The lowest BCUT2D eigenvalue weighted by Crippen LogP contribution is -2.36. The molecule has 1 atom stereocenters. The molecule has 0 aliphatic carbocycles. The second kappa shape index (κ2) is 7.14. The van der Waals surface area contributed by atoms with Crippen molar-refractivity contribution in [3.63, 3.8) is 0 Å². The third-order valence-corrected chi connectivity index (χ3v) is 4.73. The molecule has 21 heavy (non-hydrogen) atoms. The molecule has 1 fully saturated rings. The summed E-state index contributed by atoms with van der Waals surface area (Å²) in [5, 5.41) is 10.2. The van der Waals surface area contributed by atoms with E-state index in [9.17, 15) is 5.11 Å². The number of hydrogen-bond acceptors (Lipinski definition) is 4. The molecule has 4 nitrogen and oxygen atoms in total. The summed E-state index contributed by atoms with van der Waals surface area (Å²) < 4.78 is 5.14. The highest BCUT2D eigenvalue weighted by Crippen LogP contribution is 2.32. The largest absolute Gasteiger partial charge is 0.507 e. The van der Waals surface area contributed by atoms with Gasteiger partial charge in [-0.05, 0) is 58.9 Å². The van der Waals surface area contributed by atoms with E-state index in [1.807, 2.05) is 12.1 Å². The lowest BCUT2D eigenvalue weighted by Gasteiger charge is -2.34. The van der Waals surface area contributed by atoms with Crippen LogP contribution in [0.5, 0.6) is 11.5 Å². The van der Waals surface area contributed by atoms with Crippen molar-refractivity contribution in [1.29, 1.82) is 0 Å². The molecule has 0 amide bonds. The maximum absolute atomic E-state index is 10.2. The van der Waals surface area contributed by atoms with E-state index in [2.05, 4.69) is 30.8 Å². The number of phenolic OH excluding ortho intramolecular Hbond substituents is 1. The number of ether oxygens (including phenoxy) is 1. The summed E-state index contributed by atoms with van der Waals surface area (Å²) >= 11 is 0. The Bertz CT molecular complexity index is 456. The van der Waals surface area contributed by atoms with Crippen molar-refractivity contribution in [2.75, 3.05) is 40.8 Å². The van der Waals surface area contributed by atoms with E-state index in [4.69, 9.17) is 4.74 Å². The number of hydrogen-bond donors (Lipinski definition) is 1. The van der Waals surface area contributed by atoms with Gasteiger partial charge in [0.15, 0.2) is 0 Å². The fourth-order valence-electron chi connectivity index (χ4n) is 3.05. The minimum Gasteiger partial charge on any atom is -0.507 e. The molecule has 2 rings (SSSR count). The van der Waals surface area contributed by atoms with E-state index in [1.165, 1.54) is 25.9 Å². The molecule has 1 aliphatic heterocycles. The molecule has 0 bridgehead atoms. The molecule has 1 aliphatic rings. The first-order valence-corrected chi connectivity index (χ1v) is 7.77. The van der Waals surface area contributed by atoms with Crippen LogP contribution in [-0.4, -0.2) is 55.7 Å². The van der Waals surface area contributed by atoms with Gasteiger partial charge in [0.25, 0.3) is 0 Å². The van der Waals surface area contributed by atoms with Crippen molar-refractivity contribution in [1.82, 2.24) is 9.80 Å². The number of rotatable bonds is 5. The van der Waals surface area contributed by atoms with Crippen LogP contribution in [0.3, 0.4) is 0 Å². The second-order valence-corrected chi connectivity index (χ2v) is 6.29. The van der Waals surface area contributed by atoms with E-state index < -0.39 is 0 Å². The number of benzene rings is 1. The lowest BCUT2D eigenvalue weighted by molar-refractivity contribution is 0.154. The van der Waals surface area contributed by atoms with Crippen LogP contribution in [0.25, 0.3) is 0 Å². The normalized spacial score (nSPS) is 18.9. The van der Waals surface area contributed by atoms with Crippen LogP contribution < -0.4 is 4.74 Å². The van der Waals surface area contributed by atoms with Gasteiger partial charge in [-0.15, -0.1) is 0 Å². The molecular weight excluding hydrogens is 264 g/mol. The van der Waals surface area contributed by atoms with Gasteiger partial charge in [0.2, 0.25) is 0 Å². The molecule has 0 spiro atoms. The minimum atomic E-state index is 0.204. The van der Waals surface area contributed by atoms with Gasteiger partial charge >= 0.3 is 0 Å². The van der Waals surface area contributed by atoms with Gasteiger partial charge in [0, 0.05) is 24.2 Å². The van der Waals surface area contributed by atoms with Crippen molar-refractivity contribution < 1.29 is 9.84 Å². The maximum Gasteiger partial charge on any atom is 0.124 e. The Hall–Kier alpha value is -1.26. The molecule has 1 N–H and O–H groups in total. The minimum absolute atomic E-state index is 0.204. The van der Waals surface area contributed by atoms with Gasteiger partial charge < -0.3 is 14.7 Å². The third kappa shape index (κ3) is 4.11. The SMILES string of the molecule is COc1ccc(C(C)N(C)CC2CCN(C)CC2)c(O)c1. The van der Waals surface area contributed by atoms with E-state index >= 15 is 0 Å². The first-order chi connectivity index (χ1) is 10.0. The summed E-state index contributed by atoms with van der Waals surface area (Å²) in [7, 11) is 5.95. The summed E-state index contributed by atoms with van der Waals surface area (Å²) in [5.41, 5.74) is 0.964. The predicted octanol–water partition coefficient (Wildman–Crippen LogP) is 2.74. The number of methoxy groups -OCH3 is 1. The summed E-state index contributed by atoms with van der Waals surface area (Å²) in [4.78, 5) is 4.74. The molecule has 1 aromatic carbocycles. The van der Waals surface area contributed by atoms with Crippen molar-refractivity contribution in [2.24, 2.45) is 5.92 Å². The number of aromatic hydroxyl groups is 1. The van der Waals surface area contributed by atoms with Crippen LogP contribution in [0, 0.1) is 5.92 Å². The van der Waals surface area contributed by atoms with Gasteiger partial charge in [-0.1, -0.05) is 6.07 Å². The maximum atomic E-state index is 10.2. The molecule has 0 saturated carbocycles. The fourth-order valence-corrected chi connectivity index (χ4v) is 3.05. The van der Waals surface area contributed by atoms with Crippen LogP contribution in [0.2, 0.25) is 0 Å². The molecule has 0 aromatic heterocycles. The van der Waals surface area contributed by atoms with Crippen LogP contribution in [0.1, 0.15) is 31.4 Å². The summed E-state index contributed by atoms with van der Waals surface area (Å²) in [5.74, 6) is 1.77. The molecule has 4 heteroatoms. The van der Waals surface area contributed by atoms with Crippen LogP contribution in [-0.2, 0) is 0 Å². The number of likely N-dealkylation sites (tertiary alicyclic amines) is 1. The standard InChI is InChI=1S/C17H28N2O2/c1-13(16-6-5-15(21-4)11-17(16)20)19(3)12-14-7-9-18(2)10-8-14/h5-6,11,13-14,20H,7-10,12H2,1-4H3. The highest BCUT2D eigenvalue weighted by Gasteiger charge is 2.22. The highest BCUT2D eigenvalue weighted by molar-refractivity contribution is 5.41. The van der Waals surface area contributed by atoms with Gasteiger partial charge in [0.1, 0.15) is 11.5 Å². The van der Waals surface area contributed by atoms with Crippen molar-refractivity contribution in [2.45, 2.75) is 25.8 Å². The Kier molecular flexibility index (Phi) is 5.48. The highest BCUT2D eigenvalue weighted by atomic mass is 16.5. The zero-order valence-electron chi connectivity index (χ0n) is 13.7. The lowest BCUT2D eigenvalue weighted by atomic mass is 9.95. The molecule has 118 valence electrons. The topological polar surface area (TPSA) is 35.9 Å². The Balaban J connectivity index is 1.97. The second-order valence-electron chi connectivity index (χ2n) is 6.29. The fraction of sp³-hybridized carbons (Fsp3) is 0.647.